The average Bonchev–Trinajstić information content (AvgIpc) is 3.21. The number of aliphatic hydroxyl groups is 1. The molecule has 0 fully saturated rings. The minimum absolute atomic E-state index is 0.206. The molecule has 7 nitrogen and oxygen atoms in total. The number of aliphatic hydroxyl groups excluding tert-OH is 1. The molecule has 3 rings (SSSR count). The second kappa shape index (κ2) is 6.54. The van der Waals surface area contributed by atoms with E-state index in [1.165, 1.54) is 11.3 Å². The quantitative estimate of drug-likeness (QED) is 0.746. The fourth-order valence-corrected chi connectivity index (χ4v) is 2.53. The Morgan fingerprint density at radius 2 is 2.18 bits per heavy atom. The number of rotatable bonds is 6. The molecule has 8 heteroatoms. The first-order valence-electron chi connectivity index (χ1n) is 6.53. The van der Waals surface area contributed by atoms with E-state index in [1.54, 1.807) is 24.1 Å². The molecule has 0 saturated heterocycles. The number of hydrogen-bond donors (Lipinski definition) is 1. The monoisotopic (exact) mass is 318 g/mol. The fourth-order valence-electron chi connectivity index (χ4n) is 1.92. The lowest BCUT2D eigenvalue weighted by molar-refractivity contribution is 0.263. The van der Waals surface area contributed by atoms with Crippen molar-refractivity contribution in [3.8, 4) is 16.6 Å². The summed E-state index contributed by atoms with van der Waals surface area (Å²) in [7, 11) is 1.60. The average molecular weight is 318 g/mol. The molecular weight excluding hydrogens is 304 g/mol. The van der Waals surface area contributed by atoms with Gasteiger partial charge < -0.3 is 14.6 Å². The van der Waals surface area contributed by atoms with Gasteiger partial charge in [0.1, 0.15) is 29.5 Å². The van der Waals surface area contributed by atoms with Gasteiger partial charge in [-0.25, -0.2) is 4.98 Å². The van der Waals surface area contributed by atoms with Crippen LogP contribution in [-0.2, 0) is 13.2 Å². The SMILES string of the molecule is COc1cccc(OCc2c(CO)nnn2-c2nccs2)c1. The van der Waals surface area contributed by atoms with E-state index in [-0.39, 0.29) is 13.2 Å². The Bertz CT molecular complexity index is 742. The van der Waals surface area contributed by atoms with E-state index < -0.39 is 0 Å². The van der Waals surface area contributed by atoms with Crippen molar-refractivity contribution in [2.24, 2.45) is 0 Å². The highest BCUT2D eigenvalue weighted by molar-refractivity contribution is 7.12. The van der Waals surface area contributed by atoms with Crippen molar-refractivity contribution in [3.05, 3.63) is 47.2 Å². The van der Waals surface area contributed by atoms with Gasteiger partial charge in [-0.05, 0) is 12.1 Å². The smallest absolute Gasteiger partial charge is 0.212 e. The highest BCUT2D eigenvalue weighted by Crippen LogP contribution is 2.21. The molecule has 0 aliphatic carbocycles. The molecule has 0 amide bonds. The van der Waals surface area contributed by atoms with E-state index in [0.29, 0.717) is 28.0 Å². The highest BCUT2D eigenvalue weighted by Gasteiger charge is 2.16. The van der Waals surface area contributed by atoms with Crippen LogP contribution in [0.25, 0.3) is 5.13 Å². The molecule has 0 spiro atoms. The van der Waals surface area contributed by atoms with Gasteiger partial charge in [-0.2, -0.15) is 4.68 Å². The van der Waals surface area contributed by atoms with Crippen LogP contribution in [0.15, 0.2) is 35.8 Å². The molecule has 2 heterocycles. The van der Waals surface area contributed by atoms with Gasteiger partial charge in [0.2, 0.25) is 5.13 Å². The van der Waals surface area contributed by atoms with Gasteiger partial charge in [0.25, 0.3) is 0 Å². The van der Waals surface area contributed by atoms with Crippen molar-refractivity contribution in [1.29, 1.82) is 0 Å². The van der Waals surface area contributed by atoms with Crippen LogP contribution < -0.4 is 9.47 Å². The zero-order valence-corrected chi connectivity index (χ0v) is 12.7. The van der Waals surface area contributed by atoms with E-state index in [1.807, 2.05) is 23.6 Å². The number of aromatic nitrogens is 4. The number of nitrogens with zero attached hydrogens (tertiary/aromatic N) is 4. The fraction of sp³-hybridized carbons (Fsp3) is 0.214. The first-order valence-corrected chi connectivity index (χ1v) is 7.41. The summed E-state index contributed by atoms with van der Waals surface area (Å²) >= 11 is 1.43. The molecule has 0 radical (unpaired) electrons. The van der Waals surface area contributed by atoms with Crippen molar-refractivity contribution in [1.82, 2.24) is 20.0 Å². The van der Waals surface area contributed by atoms with Crippen molar-refractivity contribution in [2.75, 3.05) is 7.11 Å². The van der Waals surface area contributed by atoms with E-state index in [9.17, 15) is 5.11 Å². The van der Waals surface area contributed by atoms with Gasteiger partial charge in [0.15, 0.2) is 0 Å². The Morgan fingerprint density at radius 1 is 1.32 bits per heavy atom. The summed E-state index contributed by atoms with van der Waals surface area (Å²) < 4.78 is 12.5. The normalized spacial score (nSPS) is 10.6. The molecule has 22 heavy (non-hydrogen) atoms. The van der Waals surface area contributed by atoms with Crippen molar-refractivity contribution >= 4 is 11.3 Å². The van der Waals surface area contributed by atoms with Crippen LogP contribution in [0.4, 0.5) is 0 Å². The number of thiazole rings is 1. The first kappa shape index (κ1) is 14.5. The molecule has 0 unspecified atom stereocenters. The van der Waals surface area contributed by atoms with E-state index in [4.69, 9.17) is 9.47 Å². The van der Waals surface area contributed by atoms with Crippen LogP contribution in [0.5, 0.6) is 11.5 Å². The van der Waals surface area contributed by atoms with Crippen LogP contribution in [0.1, 0.15) is 11.4 Å². The molecular formula is C14H14N4O3S. The predicted octanol–water partition coefficient (Wildman–Crippen LogP) is 1.80. The predicted molar refractivity (Wildman–Crippen MR) is 80.3 cm³/mol. The van der Waals surface area contributed by atoms with E-state index in [0.717, 1.165) is 0 Å². The Labute approximate surface area is 130 Å². The van der Waals surface area contributed by atoms with Crippen LogP contribution in [-0.4, -0.2) is 32.2 Å². The van der Waals surface area contributed by atoms with Crippen molar-refractivity contribution < 1.29 is 14.6 Å². The Kier molecular flexibility index (Phi) is 4.31. The largest absolute Gasteiger partial charge is 0.497 e. The summed E-state index contributed by atoms with van der Waals surface area (Å²) in [6.45, 7) is 0.0117. The summed E-state index contributed by atoms with van der Waals surface area (Å²) in [6.07, 6.45) is 1.69. The van der Waals surface area contributed by atoms with E-state index in [2.05, 4.69) is 15.3 Å². The van der Waals surface area contributed by atoms with Gasteiger partial charge in [-0.15, -0.1) is 16.4 Å². The minimum atomic E-state index is -0.206. The molecule has 1 aromatic carbocycles. The third-order valence-electron chi connectivity index (χ3n) is 3.01. The maximum absolute atomic E-state index is 9.40. The van der Waals surface area contributed by atoms with Gasteiger partial charge in [-0.1, -0.05) is 11.3 Å². The minimum Gasteiger partial charge on any atom is -0.497 e. The summed E-state index contributed by atoms with van der Waals surface area (Å²) in [5.41, 5.74) is 1.14. The van der Waals surface area contributed by atoms with Crippen LogP contribution in [0.3, 0.4) is 0 Å². The van der Waals surface area contributed by atoms with Crippen LogP contribution in [0, 0.1) is 0 Å². The Hall–Kier alpha value is -2.45. The maximum Gasteiger partial charge on any atom is 0.212 e. The zero-order valence-electron chi connectivity index (χ0n) is 11.8. The van der Waals surface area contributed by atoms with Crippen molar-refractivity contribution in [3.63, 3.8) is 0 Å². The maximum atomic E-state index is 9.40. The second-order valence-electron chi connectivity index (χ2n) is 4.34. The summed E-state index contributed by atoms with van der Waals surface area (Å²) in [5, 5.41) is 19.9. The topological polar surface area (TPSA) is 82.3 Å². The van der Waals surface area contributed by atoms with Crippen LogP contribution in [0.2, 0.25) is 0 Å². The van der Waals surface area contributed by atoms with Crippen molar-refractivity contribution in [2.45, 2.75) is 13.2 Å². The molecule has 0 aliphatic heterocycles. The second-order valence-corrected chi connectivity index (χ2v) is 5.21. The lowest BCUT2D eigenvalue weighted by Crippen LogP contribution is -2.07. The number of methoxy groups -OCH3 is 1. The molecule has 114 valence electrons. The molecule has 0 aliphatic rings. The summed E-state index contributed by atoms with van der Waals surface area (Å²) in [5.74, 6) is 1.38. The molecule has 0 bridgehead atoms. The highest BCUT2D eigenvalue weighted by atomic mass is 32.1. The lowest BCUT2D eigenvalue weighted by atomic mass is 10.3. The van der Waals surface area contributed by atoms with E-state index >= 15 is 0 Å². The number of ether oxygens (including phenoxy) is 2. The first-order chi connectivity index (χ1) is 10.8. The number of hydrogen-bond acceptors (Lipinski definition) is 7. The number of benzene rings is 1. The third-order valence-corrected chi connectivity index (χ3v) is 3.76. The van der Waals surface area contributed by atoms with Gasteiger partial charge in [-0.3, -0.25) is 0 Å². The molecule has 0 atom stereocenters. The molecule has 1 N–H and O–H groups in total. The lowest BCUT2D eigenvalue weighted by Gasteiger charge is -2.09. The standard InChI is InChI=1S/C14H14N4O3S/c1-20-10-3-2-4-11(7-10)21-9-13-12(8-19)16-17-18(13)14-15-5-6-22-14/h2-7,19H,8-9H2,1H3. The van der Waals surface area contributed by atoms with Crippen LogP contribution >= 0.6 is 11.3 Å². The molecule has 3 aromatic rings. The Balaban J connectivity index is 1.83. The molecule has 2 aromatic heterocycles. The summed E-state index contributed by atoms with van der Waals surface area (Å²) in [4.78, 5) is 4.20. The molecule has 0 saturated carbocycles. The third kappa shape index (κ3) is 2.92. The summed E-state index contributed by atoms with van der Waals surface area (Å²) in [6, 6.07) is 7.31. The van der Waals surface area contributed by atoms with Gasteiger partial charge >= 0.3 is 0 Å². The zero-order chi connectivity index (χ0) is 15.4. The van der Waals surface area contributed by atoms with Gasteiger partial charge in [0, 0.05) is 17.6 Å². The van der Waals surface area contributed by atoms with Gasteiger partial charge in [0.05, 0.1) is 13.7 Å². The Morgan fingerprint density at radius 3 is 2.91 bits per heavy atom.